The van der Waals surface area contributed by atoms with Crippen molar-refractivity contribution in [3.8, 4) is 5.82 Å². The number of rotatable bonds is 6. The lowest BCUT2D eigenvalue weighted by Crippen LogP contribution is -2.30. The summed E-state index contributed by atoms with van der Waals surface area (Å²) in [6.45, 7) is 4.06. The fourth-order valence-corrected chi connectivity index (χ4v) is 2.00. The van der Waals surface area contributed by atoms with Gasteiger partial charge in [-0.2, -0.15) is 9.78 Å². The maximum atomic E-state index is 11.9. The average Bonchev–Trinajstić information content (AvgIpc) is 2.84. The van der Waals surface area contributed by atoms with E-state index in [1.807, 2.05) is 26.0 Å². The Balaban J connectivity index is 2.03. The van der Waals surface area contributed by atoms with Crippen LogP contribution in [0.25, 0.3) is 5.82 Å². The standard InChI is InChI=1S/C15H19N5O3/c1-10-5-7-16-12(8-10)20-13(9-11(2)19-20)18-15(23)17-6-3-4-14(21)22/h5,7-9H,3-4,6H2,1-2H3,(H,21,22)(H2,17,18,23). The molecule has 0 atom stereocenters. The number of carbonyl (C=O) groups is 2. The molecule has 0 spiro atoms. The van der Waals surface area contributed by atoms with E-state index in [9.17, 15) is 9.59 Å². The van der Waals surface area contributed by atoms with Gasteiger partial charge in [0, 0.05) is 25.2 Å². The number of aryl methyl sites for hydroxylation is 2. The lowest BCUT2D eigenvalue weighted by Gasteiger charge is -2.09. The van der Waals surface area contributed by atoms with Gasteiger partial charge in [-0.25, -0.2) is 9.78 Å². The van der Waals surface area contributed by atoms with Crippen LogP contribution in [0.15, 0.2) is 24.4 Å². The Bertz CT molecular complexity index is 711. The molecule has 0 fully saturated rings. The zero-order chi connectivity index (χ0) is 16.8. The second-order valence-electron chi connectivity index (χ2n) is 5.15. The number of carboxylic acid groups (broad SMARTS) is 1. The Morgan fingerprint density at radius 3 is 2.78 bits per heavy atom. The molecular formula is C15H19N5O3. The van der Waals surface area contributed by atoms with Crippen LogP contribution in [0.5, 0.6) is 0 Å². The molecule has 0 aliphatic carbocycles. The zero-order valence-electron chi connectivity index (χ0n) is 13.0. The van der Waals surface area contributed by atoms with Crippen LogP contribution in [-0.4, -0.2) is 38.4 Å². The highest BCUT2D eigenvalue weighted by molar-refractivity contribution is 5.88. The number of anilines is 1. The van der Waals surface area contributed by atoms with Crippen molar-refractivity contribution >= 4 is 17.8 Å². The van der Waals surface area contributed by atoms with Crippen molar-refractivity contribution in [2.24, 2.45) is 0 Å². The number of urea groups is 1. The smallest absolute Gasteiger partial charge is 0.320 e. The lowest BCUT2D eigenvalue weighted by molar-refractivity contribution is -0.137. The normalized spacial score (nSPS) is 10.3. The van der Waals surface area contributed by atoms with E-state index < -0.39 is 12.0 Å². The van der Waals surface area contributed by atoms with E-state index in [1.54, 1.807) is 16.9 Å². The van der Waals surface area contributed by atoms with Crippen molar-refractivity contribution in [1.82, 2.24) is 20.1 Å². The predicted octanol–water partition coefficient (Wildman–Crippen LogP) is 1.87. The third kappa shape index (κ3) is 4.80. The number of pyridine rings is 1. The Kier molecular flexibility index (Phi) is 5.29. The van der Waals surface area contributed by atoms with Gasteiger partial charge >= 0.3 is 12.0 Å². The molecule has 3 N–H and O–H groups in total. The molecule has 0 bridgehead atoms. The van der Waals surface area contributed by atoms with Gasteiger partial charge in [0.1, 0.15) is 5.82 Å². The first-order valence-electron chi connectivity index (χ1n) is 7.22. The summed E-state index contributed by atoms with van der Waals surface area (Å²) in [6.07, 6.45) is 2.07. The Morgan fingerprint density at radius 1 is 1.30 bits per heavy atom. The molecule has 2 rings (SSSR count). The van der Waals surface area contributed by atoms with Crippen LogP contribution in [0.3, 0.4) is 0 Å². The summed E-state index contributed by atoms with van der Waals surface area (Å²) in [4.78, 5) is 26.6. The summed E-state index contributed by atoms with van der Waals surface area (Å²) in [5.74, 6) is 0.224. The zero-order valence-corrected chi connectivity index (χ0v) is 13.0. The van der Waals surface area contributed by atoms with E-state index >= 15 is 0 Å². The number of aromatic nitrogens is 3. The van der Waals surface area contributed by atoms with Crippen molar-refractivity contribution in [2.75, 3.05) is 11.9 Å². The minimum Gasteiger partial charge on any atom is -0.481 e. The number of aliphatic carboxylic acids is 1. The topological polar surface area (TPSA) is 109 Å². The van der Waals surface area contributed by atoms with Crippen LogP contribution >= 0.6 is 0 Å². The number of hydrogen-bond donors (Lipinski definition) is 3. The summed E-state index contributed by atoms with van der Waals surface area (Å²) in [7, 11) is 0. The molecule has 0 radical (unpaired) electrons. The van der Waals surface area contributed by atoms with E-state index in [-0.39, 0.29) is 13.0 Å². The minimum atomic E-state index is -0.883. The molecule has 0 saturated heterocycles. The molecule has 0 aromatic carbocycles. The predicted molar refractivity (Wildman–Crippen MR) is 84.7 cm³/mol. The van der Waals surface area contributed by atoms with E-state index in [0.29, 0.717) is 18.1 Å². The molecule has 2 amide bonds. The summed E-state index contributed by atoms with van der Waals surface area (Å²) < 4.78 is 1.55. The lowest BCUT2D eigenvalue weighted by atomic mass is 10.3. The number of hydrogen-bond acceptors (Lipinski definition) is 4. The van der Waals surface area contributed by atoms with Gasteiger partial charge in [-0.3, -0.25) is 10.1 Å². The number of amides is 2. The van der Waals surface area contributed by atoms with Gasteiger partial charge in [0.05, 0.1) is 5.69 Å². The molecule has 23 heavy (non-hydrogen) atoms. The molecule has 2 aromatic heterocycles. The van der Waals surface area contributed by atoms with Gasteiger partial charge in [-0.15, -0.1) is 0 Å². The molecule has 2 heterocycles. The maximum absolute atomic E-state index is 11.9. The van der Waals surface area contributed by atoms with E-state index in [0.717, 1.165) is 11.3 Å². The molecule has 8 heteroatoms. The summed E-state index contributed by atoms with van der Waals surface area (Å²) in [5, 5.41) is 18.2. The largest absolute Gasteiger partial charge is 0.481 e. The highest BCUT2D eigenvalue weighted by Gasteiger charge is 2.11. The van der Waals surface area contributed by atoms with Gasteiger partial charge < -0.3 is 10.4 Å². The van der Waals surface area contributed by atoms with E-state index in [4.69, 9.17) is 5.11 Å². The quantitative estimate of drug-likeness (QED) is 0.705. The van der Waals surface area contributed by atoms with Crippen molar-refractivity contribution < 1.29 is 14.7 Å². The van der Waals surface area contributed by atoms with Gasteiger partial charge in [0.2, 0.25) is 0 Å². The first-order valence-corrected chi connectivity index (χ1v) is 7.22. The Hall–Kier alpha value is -2.90. The van der Waals surface area contributed by atoms with Crippen molar-refractivity contribution in [3.63, 3.8) is 0 Å². The summed E-state index contributed by atoms with van der Waals surface area (Å²) >= 11 is 0. The number of nitrogens with zero attached hydrogens (tertiary/aromatic N) is 3. The van der Waals surface area contributed by atoms with Crippen LogP contribution in [0.1, 0.15) is 24.1 Å². The third-order valence-corrected chi connectivity index (χ3v) is 3.04. The molecule has 8 nitrogen and oxygen atoms in total. The van der Waals surface area contributed by atoms with Gasteiger partial charge in [0.25, 0.3) is 0 Å². The molecule has 0 aliphatic rings. The summed E-state index contributed by atoms with van der Waals surface area (Å²) in [6, 6.07) is 5.06. The van der Waals surface area contributed by atoms with Crippen LogP contribution < -0.4 is 10.6 Å². The Morgan fingerprint density at radius 2 is 2.09 bits per heavy atom. The highest BCUT2D eigenvalue weighted by atomic mass is 16.4. The first kappa shape index (κ1) is 16.5. The third-order valence-electron chi connectivity index (χ3n) is 3.04. The van der Waals surface area contributed by atoms with Crippen LogP contribution in [0.2, 0.25) is 0 Å². The number of carbonyl (C=O) groups excluding carboxylic acids is 1. The van der Waals surface area contributed by atoms with Gasteiger partial charge in [-0.1, -0.05) is 0 Å². The summed E-state index contributed by atoms with van der Waals surface area (Å²) in [5.41, 5.74) is 1.78. The fourth-order valence-electron chi connectivity index (χ4n) is 2.00. The molecular weight excluding hydrogens is 298 g/mol. The van der Waals surface area contributed by atoms with E-state index in [1.165, 1.54) is 0 Å². The SMILES string of the molecule is Cc1ccnc(-n2nc(C)cc2NC(=O)NCCCC(=O)O)c1. The highest BCUT2D eigenvalue weighted by Crippen LogP contribution is 2.16. The van der Waals surface area contributed by atoms with E-state index in [2.05, 4.69) is 20.7 Å². The van der Waals surface area contributed by atoms with Crippen LogP contribution in [-0.2, 0) is 4.79 Å². The number of nitrogens with one attached hydrogen (secondary N) is 2. The minimum absolute atomic E-state index is 0.0184. The second kappa shape index (κ2) is 7.39. The average molecular weight is 317 g/mol. The molecule has 2 aromatic rings. The van der Waals surface area contributed by atoms with Crippen LogP contribution in [0.4, 0.5) is 10.6 Å². The number of carboxylic acids is 1. The monoisotopic (exact) mass is 317 g/mol. The van der Waals surface area contributed by atoms with Crippen molar-refractivity contribution in [3.05, 3.63) is 35.7 Å². The molecule has 122 valence electrons. The van der Waals surface area contributed by atoms with Gasteiger partial charge in [0.15, 0.2) is 5.82 Å². The van der Waals surface area contributed by atoms with Crippen molar-refractivity contribution in [2.45, 2.75) is 26.7 Å². The van der Waals surface area contributed by atoms with Gasteiger partial charge in [-0.05, 0) is 38.0 Å². The molecule has 0 unspecified atom stereocenters. The maximum Gasteiger partial charge on any atom is 0.320 e. The Labute approximate surface area is 133 Å². The first-order chi connectivity index (χ1) is 11.0. The van der Waals surface area contributed by atoms with Crippen LogP contribution in [0, 0.1) is 13.8 Å². The molecule has 0 saturated carbocycles. The van der Waals surface area contributed by atoms with Crippen molar-refractivity contribution in [1.29, 1.82) is 0 Å². The second-order valence-corrected chi connectivity index (χ2v) is 5.15. The fraction of sp³-hybridized carbons (Fsp3) is 0.333. The molecule has 0 aliphatic heterocycles.